The Kier molecular flexibility index (Phi) is 6.44. The largest absolute Gasteiger partial charge is 0.354 e. The van der Waals surface area contributed by atoms with E-state index in [0.29, 0.717) is 18.2 Å². The van der Waals surface area contributed by atoms with E-state index in [1.807, 2.05) is 24.3 Å². The molecule has 1 saturated heterocycles. The van der Waals surface area contributed by atoms with Crippen LogP contribution in [0.3, 0.4) is 0 Å². The van der Waals surface area contributed by atoms with Gasteiger partial charge in [-0.15, -0.1) is 0 Å². The topological polar surface area (TPSA) is 82.2 Å². The van der Waals surface area contributed by atoms with Gasteiger partial charge >= 0.3 is 6.03 Å². The van der Waals surface area contributed by atoms with Gasteiger partial charge in [-0.2, -0.15) is 4.98 Å². The van der Waals surface area contributed by atoms with Crippen molar-refractivity contribution in [1.29, 1.82) is 0 Å². The van der Waals surface area contributed by atoms with Crippen LogP contribution >= 0.6 is 0 Å². The summed E-state index contributed by atoms with van der Waals surface area (Å²) in [6.07, 6.45) is 2.50. The highest BCUT2D eigenvalue weighted by atomic mass is 19.1. The van der Waals surface area contributed by atoms with Gasteiger partial charge in [-0.25, -0.2) is 14.2 Å². The predicted molar refractivity (Wildman–Crippen MR) is 130 cm³/mol. The van der Waals surface area contributed by atoms with E-state index >= 15 is 0 Å². The van der Waals surface area contributed by atoms with Crippen LogP contribution in [0.4, 0.5) is 32.3 Å². The molecule has 172 valence electrons. The third kappa shape index (κ3) is 5.97. The van der Waals surface area contributed by atoms with Crippen molar-refractivity contribution < 1.29 is 9.18 Å². The minimum absolute atomic E-state index is 0.0132. The SMILES string of the molecule is CC(C)(C)c1cccc(NC(=O)NC2CCN(c3ccnc(Nc4ccc(F)cc4)n3)C2)c1. The normalized spacial score (nSPS) is 15.9. The van der Waals surface area contributed by atoms with E-state index in [9.17, 15) is 9.18 Å². The molecule has 2 heterocycles. The van der Waals surface area contributed by atoms with Crippen LogP contribution in [0.2, 0.25) is 0 Å². The van der Waals surface area contributed by atoms with Crippen LogP contribution in [0, 0.1) is 5.82 Å². The molecule has 1 unspecified atom stereocenters. The Morgan fingerprint density at radius 3 is 2.64 bits per heavy atom. The minimum Gasteiger partial charge on any atom is -0.354 e. The molecule has 33 heavy (non-hydrogen) atoms. The minimum atomic E-state index is -0.295. The second-order valence-electron chi connectivity index (χ2n) is 9.23. The summed E-state index contributed by atoms with van der Waals surface area (Å²) in [5, 5.41) is 9.09. The van der Waals surface area contributed by atoms with Gasteiger partial charge in [-0.3, -0.25) is 0 Å². The summed E-state index contributed by atoms with van der Waals surface area (Å²) in [5.74, 6) is 0.918. The summed E-state index contributed by atoms with van der Waals surface area (Å²) in [4.78, 5) is 23.5. The Morgan fingerprint density at radius 1 is 1.09 bits per heavy atom. The zero-order valence-electron chi connectivity index (χ0n) is 19.1. The number of urea groups is 1. The molecule has 0 aliphatic carbocycles. The first-order valence-electron chi connectivity index (χ1n) is 11.0. The number of aromatic nitrogens is 2. The Morgan fingerprint density at radius 2 is 1.88 bits per heavy atom. The number of hydrogen-bond donors (Lipinski definition) is 3. The number of hydrogen-bond acceptors (Lipinski definition) is 5. The summed E-state index contributed by atoms with van der Waals surface area (Å²) < 4.78 is 13.1. The molecular formula is C25H29FN6O. The molecule has 3 N–H and O–H groups in total. The molecule has 7 nitrogen and oxygen atoms in total. The fourth-order valence-electron chi connectivity index (χ4n) is 3.75. The molecule has 1 fully saturated rings. The second kappa shape index (κ2) is 9.44. The van der Waals surface area contributed by atoms with Crippen LogP contribution in [0.5, 0.6) is 0 Å². The highest BCUT2D eigenvalue weighted by Crippen LogP contribution is 2.25. The maximum absolute atomic E-state index is 13.1. The standard InChI is InChI=1S/C25H29FN6O/c1-25(2,3)17-5-4-6-20(15-17)29-24(33)30-21-12-14-32(16-21)22-11-13-27-23(31-22)28-19-9-7-18(26)8-10-19/h4-11,13,15,21H,12,14,16H2,1-3H3,(H,27,28,31)(H2,29,30,33). The monoisotopic (exact) mass is 448 g/mol. The quantitative estimate of drug-likeness (QED) is 0.508. The van der Waals surface area contributed by atoms with Crippen molar-refractivity contribution in [2.24, 2.45) is 0 Å². The van der Waals surface area contributed by atoms with Gasteiger partial charge in [0.2, 0.25) is 5.95 Å². The molecule has 1 atom stereocenters. The Labute approximate surface area is 193 Å². The first-order chi connectivity index (χ1) is 15.8. The van der Waals surface area contributed by atoms with Crippen LogP contribution in [0.1, 0.15) is 32.8 Å². The summed E-state index contributed by atoms with van der Waals surface area (Å²) in [6.45, 7) is 7.87. The molecule has 0 bridgehead atoms. The summed E-state index contributed by atoms with van der Waals surface area (Å²) >= 11 is 0. The average molecular weight is 449 g/mol. The van der Waals surface area contributed by atoms with E-state index in [0.717, 1.165) is 24.5 Å². The van der Waals surface area contributed by atoms with E-state index in [4.69, 9.17) is 0 Å². The van der Waals surface area contributed by atoms with Crippen LogP contribution in [0.15, 0.2) is 60.8 Å². The lowest BCUT2D eigenvalue weighted by Crippen LogP contribution is -2.39. The lowest BCUT2D eigenvalue weighted by atomic mass is 9.87. The zero-order chi connectivity index (χ0) is 23.4. The van der Waals surface area contributed by atoms with E-state index in [1.54, 1.807) is 18.3 Å². The van der Waals surface area contributed by atoms with Gasteiger partial charge in [0, 0.05) is 36.7 Å². The van der Waals surface area contributed by atoms with E-state index in [2.05, 4.69) is 57.7 Å². The maximum Gasteiger partial charge on any atom is 0.319 e. The highest BCUT2D eigenvalue weighted by Gasteiger charge is 2.25. The molecule has 2 amide bonds. The first-order valence-corrected chi connectivity index (χ1v) is 11.0. The summed E-state index contributed by atoms with van der Waals surface area (Å²) in [5.41, 5.74) is 2.67. The van der Waals surface area contributed by atoms with Crippen molar-refractivity contribution >= 4 is 29.2 Å². The average Bonchev–Trinajstić information content (AvgIpc) is 3.23. The van der Waals surface area contributed by atoms with Gasteiger partial charge in [0.15, 0.2) is 0 Å². The molecule has 1 aliphatic rings. The highest BCUT2D eigenvalue weighted by molar-refractivity contribution is 5.89. The van der Waals surface area contributed by atoms with Crippen LogP contribution in [-0.2, 0) is 5.41 Å². The lowest BCUT2D eigenvalue weighted by molar-refractivity contribution is 0.249. The summed E-state index contributed by atoms with van der Waals surface area (Å²) in [7, 11) is 0. The van der Waals surface area contributed by atoms with Crippen molar-refractivity contribution in [1.82, 2.24) is 15.3 Å². The molecule has 1 aromatic heterocycles. The van der Waals surface area contributed by atoms with E-state index < -0.39 is 0 Å². The molecule has 4 rings (SSSR count). The number of anilines is 4. The lowest BCUT2D eigenvalue weighted by Gasteiger charge is -2.20. The second-order valence-corrected chi connectivity index (χ2v) is 9.23. The molecule has 0 spiro atoms. The van der Waals surface area contributed by atoms with Gasteiger partial charge in [0.1, 0.15) is 11.6 Å². The third-order valence-electron chi connectivity index (χ3n) is 5.58. The van der Waals surface area contributed by atoms with Crippen molar-refractivity contribution in [2.75, 3.05) is 28.6 Å². The molecular weight excluding hydrogens is 419 g/mol. The maximum atomic E-state index is 13.1. The van der Waals surface area contributed by atoms with Crippen LogP contribution in [-0.4, -0.2) is 35.1 Å². The van der Waals surface area contributed by atoms with Crippen molar-refractivity contribution in [2.45, 2.75) is 38.6 Å². The Hall–Kier alpha value is -3.68. The third-order valence-corrected chi connectivity index (χ3v) is 5.58. The number of carbonyl (C=O) groups is 1. The van der Waals surface area contributed by atoms with Gasteiger partial charge in [0.25, 0.3) is 0 Å². The molecule has 1 aliphatic heterocycles. The number of carbonyl (C=O) groups excluding carboxylic acids is 1. The Balaban J connectivity index is 1.33. The smallest absolute Gasteiger partial charge is 0.319 e. The molecule has 2 aromatic carbocycles. The van der Waals surface area contributed by atoms with Crippen LogP contribution < -0.4 is 20.9 Å². The van der Waals surface area contributed by atoms with Crippen molar-refractivity contribution in [3.8, 4) is 0 Å². The molecule has 0 radical (unpaired) electrons. The number of halogens is 1. The van der Waals surface area contributed by atoms with E-state index in [1.165, 1.54) is 17.7 Å². The number of nitrogens with zero attached hydrogens (tertiary/aromatic N) is 3. The molecule has 0 saturated carbocycles. The van der Waals surface area contributed by atoms with Crippen LogP contribution in [0.25, 0.3) is 0 Å². The van der Waals surface area contributed by atoms with Crippen molar-refractivity contribution in [3.05, 3.63) is 72.2 Å². The number of rotatable bonds is 5. The number of nitrogens with one attached hydrogen (secondary N) is 3. The zero-order valence-corrected chi connectivity index (χ0v) is 19.1. The van der Waals surface area contributed by atoms with Crippen molar-refractivity contribution in [3.63, 3.8) is 0 Å². The fourth-order valence-corrected chi connectivity index (χ4v) is 3.75. The predicted octanol–water partition coefficient (Wildman–Crippen LogP) is 5.06. The van der Waals surface area contributed by atoms with E-state index in [-0.39, 0.29) is 23.3 Å². The number of amides is 2. The first kappa shape index (κ1) is 22.5. The molecule has 3 aromatic rings. The van der Waals surface area contributed by atoms with Gasteiger partial charge in [-0.1, -0.05) is 32.9 Å². The molecule has 8 heteroatoms. The van der Waals surface area contributed by atoms with Gasteiger partial charge in [-0.05, 0) is 59.9 Å². The van der Waals surface area contributed by atoms with Gasteiger partial charge in [0.05, 0.1) is 0 Å². The Bertz CT molecular complexity index is 1110. The van der Waals surface area contributed by atoms with Gasteiger partial charge < -0.3 is 20.9 Å². The fraction of sp³-hybridized carbons (Fsp3) is 0.320. The number of benzene rings is 2. The summed E-state index contributed by atoms with van der Waals surface area (Å²) in [6, 6.07) is 15.6.